The zero-order chi connectivity index (χ0) is 13.3. The minimum absolute atomic E-state index is 0.0765. The molecule has 0 spiro atoms. The van der Waals surface area contributed by atoms with Crippen LogP contribution in [0.1, 0.15) is 36.8 Å². The van der Waals surface area contributed by atoms with Crippen LogP contribution in [0.4, 0.5) is 0 Å². The third-order valence-corrected chi connectivity index (χ3v) is 3.79. The fraction of sp³-hybridized carbons (Fsp3) is 0.667. The van der Waals surface area contributed by atoms with E-state index >= 15 is 0 Å². The molecule has 2 heterocycles. The first-order valence-electron chi connectivity index (χ1n) is 6.08. The molecule has 2 atom stereocenters. The lowest BCUT2D eigenvalue weighted by molar-refractivity contribution is 0.0906. The maximum absolute atomic E-state index is 12.5. The summed E-state index contributed by atoms with van der Waals surface area (Å²) in [6.07, 6.45) is 2.51. The summed E-state index contributed by atoms with van der Waals surface area (Å²) in [5, 5.41) is 7.44. The SMILES string of the molecule is COC1CNC(C(=O)c2c(Br)cnn2C(C)C)C1. The fourth-order valence-corrected chi connectivity index (χ4v) is 2.68. The van der Waals surface area contributed by atoms with Crippen LogP contribution >= 0.6 is 15.9 Å². The third kappa shape index (κ3) is 2.50. The molecule has 5 nitrogen and oxygen atoms in total. The Morgan fingerprint density at radius 1 is 1.67 bits per heavy atom. The number of ketones is 1. The monoisotopic (exact) mass is 315 g/mol. The first kappa shape index (κ1) is 13.7. The van der Waals surface area contributed by atoms with Crippen LogP contribution in [0, 0.1) is 0 Å². The average molecular weight is 316 g/mol. The van der Waals surface area contributed by atoms with Gasteiger partial charge in [-0.2, -0.15) is 5.10 Å². The summed E-state index contributed by atoms with van der Waals surface area (Å²) in [4.78, 5) is 12.5. The number of nitrogens with one attached hydrogen (secondary N) is 1. The fourth-order valence-electron chi connectivity index (χ4n) is 2.21. The van der Waals surface area contributed by atoms with Gasteiger partial charge in [0, 0.05) is 19.7 Å². The molecule has 1 aromatic heterocycles. The van der Waals surface area contributed by atoms with E-state index in [0.29, 0.717) is 12.1 Å². The quantitative estimate of drug-likeness (QED) is 0.861. The molecule has 0 bridgehead atoms. The van der Waals surface area contributed by atoms with Crippen LogP contribution in [-0.2, 0) is 4.74 Å². The third-order valence-electron chi connectivity index (χ3n) is 3.21. The Kier molecular flexibility index (Phi) is 4.19. The summed E-state index contributed by atoms with van der Waals surface area (Å²) < 4.78 is 7.78. The molecule has 1 aliphatic heterocycles. The van der Waals surface area contributed by atoms with Crippen LogP contribution in [0.15, 0.2) is 10.7 Å². The van der Waals surface area contributed by atoms with Crippen molar-refractivity contribution < 1.29 is 9.53 Å². The lowest BCUT2D eigenvalue weighted by Crippen LogP contribution is -2.32. The second-order valence-electron chi connectivity index (χ2n) is 4.80. The van der Waals surface area contributed by atoms with Crippen molar-refractivity contribution in [3.63, 3.8) is 0 Å². The van der Waals surface area contributed by atoms with Crippen molar-refractivity contribution in [3.8, 4) is 0 Å². The largest absolute Gasteiger partial charge is 0.380 e. The van der Waals surface area contributed by atoms with E-state index in [1.165, 1.54) is 0 Å². The van der Waals surface area contributed by atoms with Gasteiger partial charge in [0.2, 0.25) is 0 Å². The summed E-state index contributed by atoms with van der Waals surface area (Å²) in [6.45, 7) is 4.74. The second kappa shape index (κ2) is 5.50. The predicted molar refractivity (Wildman–Crippen MR) is 71.8 cm³/mol. The van der Waals surface area contributed by atoms with Gasteiger partial charge in [-0.3, -0.25) is 9.48 Å². The van der Waals surface area contributed by atoms with Crippen molar-refractivity contribution in [3.05, 3.63) is 16.4 Å². The highest BCUT2D eigenvalue weighted by molar-refractivity contribution is 9.10. The van der Waals surface area contributed by atoms with Crippen molar-refractivity contribution in [1.82, 2.24) is 15.1 Å². The van der Waals surface area contributed by atoms with E-state index in [1.54, 1.807) is 18.0 Å². The van der Waals surface area contributed by atoms with Crippen molar-refractivity contribution >= 4 is 21.7 Å². The number of methoxy groups -OCH3 is 1. The van der Waals surface area contributed by atoms with Crippen molar-refractivity contribution in [2.75, 3.05) is 13.7 Å². The molecule has 1 aliphatic rings. The first-order valence-corrected chi connectivity index (χ1v) is 6.87. The maximum Gasteiger partial charge on any atom is 0.198 e. The van der Waals surface area contributed by atoms with Gasteiger partial charge in [0.15, 0.2) is 5.78 Å². The van der Waals surface area contributed by atoms with Crippen molar-refractivity contribution in [1.29, 1.82) is 0 Å². The molecule has 1 N–H and O–H groups in total. The Balaban J connectivity index is 2.21. The van der Waals surface area contributed by atoms with E-state index in [1.807, 2.05) is 13.8 Å². The number of ether oxygens (including phenoxy) is 1. The first-order chi connectivity index (χ1) is 8.54. The number of hydrogen-bond acceptors (Lipinski definition) is 4. The molecule has 0 aliphatic carbocycles. The zero-order valence-corrected chi connectivity index (χ0v) is 12.4. The Morgan fingerprint density at radius 3 is 2.94 bits per heavy atom. The normalized spacial score (nSPS) is 23.8. The van der Waals surface area contributed by atoms with Crippen LogP contribution in [0.5, 0.6) is 0 Å². The van der Waals surface area contributed by atoms with Gasteiger partial charge in [-0.25, -0.2) is 0 Å². The summed E-state index contributed by atoms with van der Waals surface area (Å²) in [7, 11) is 1.67. The zero-order valence-electron chi connectivity index (χ0n) is 10.8. The Labute approximate surface area is 115 Å². The molecule has 0 amide bonds. The van der Waals surface area contributed by atoms with E-state index < -0.39 is 0 Å². The number of hydrogen-bond donors (Lipinski definition) is 1. The Bertz CT molecular complexity index is 445. The summed E-state index contributed by atoms with van der Waals surface area (Å²) in [5.74, 6) is 0.0765. The lowest BCUT2D eigenvalue weighted by Gasteiger charge is -2.14. The minimum atomic E-state index is -0.180. The molecule has 2 rings (SSSR count). The lowest BCUT2D eigenvalue weighted by atomic mass is 10.1. The van der Waals surface area contributed by atoms with Crippen LogP contribution in [-0.4, -0.2) is 41.4 Å². The van der Waals surface area contributed by atoms with Gasteiger partial charge in [0.1, 0.15) is 5.69 Å². The number of nitrogens with zero attached hydrogens (tertiary/aromatic N) is 2. The number of carbonyl (C=O) groups is 1. The molecule has 0 aromatic carbocycles. The van der Waals surface area contributed by atoms with Crippen molar-refractivity contribution in [2.45, 2.75) is 38.5 Å². The van der Waals surface area contributed by atoms with Gasteiger partial charge in [0.05, 0.1) is 22.8 Å². The van der Waals surface area contributed by atoms with Gasteiger partial charge < -0.3 is 10.1 Å². The topological polar surface area (TPSA) is 56.1 Å². The molecule has 0 radical (unpaired) electrons. The summed E-state index contributed by atoms with van der Waals surface area (Å²) in [5.41, 5.74) is 0.638. The summed E-state index contributed by atoms with van der Waals surface area (Å²) >= 11 is 3.40. The number of carbonyl (C=O) groups excluding carboxylic acids is 1. The smallest absolute Gasteiger partial charge is 0.198 e. The standard InChI is InChI=1S/C12H18BrN3O2/c1-7(2)16-11(9(13)6-15-16)12(17)10-4-8(18-3)5-14-10/h6-8,10,14H,4-5H2,1-3H3. The van der Waals surface area contributed by atoms with Gasteiger partial charge in [-0.05, 0) is 36.2 Å². The molecule has 1 aromatic rings. The minimum Gasteiger partial charge on any atom is -0.380 e. The van der Waals surface area contributed by atoms with Gasteiger partial charge in [0.25, 0.3) is 0 Å². The molecule has 18 heavy (non-hydrogen) atoms. The van der Waals surface area contributed by atoms with Crippen molar-refractivity contribution in [2.24, 2.45) is 0 Å². The molecular weight excluding hydrogens is 298 g/mol. The number of aromatic nitrogens is 2. The molecule has 1 saturated heterocycles. The second-order valence-corrected chi connectivity index (χ2v) is 5.65. The summed E-state index contributed by atoms with van der Waals surface area (Å²) in [6, 6.07) is -0.0182. The van der Waals surface area contributed by atoms with E-state index in [9.17, 15) is 4.79 Å². The highest BCUT2D eigenvalue weighted by Crippen LogP contribution is 2.23. The highest BCUT2D eigenvalue weighted by Gasteiger charge is 2.33. The molecular formula is C12H18BrN3O2. The molecule has 100 valence electrons. The Hall–Kier alpha value is -0.720. The number of halogens is 1. The van der Waals surface area contributed by atoms with Gasteiger partial charge in [-0.15, -0.1) is 0 Å². The number of Topliss-reactive ketones (excluding diaryl/α,β-unsaturated/α-hetero) is 1. The van der Waals surface area contributed by atoms with Crippen LogP contribution in [0.3, 0.4) is 0 Å². The van der Waals surface area contributed by atoms with E-state index in [2.05, 4.69) is 26.3 Å². The Morgan fingerprint density at radius 2 is 2.39 bits per heavy atom. The molecule has 1 fully saturated rings. The number of rotatable bonds is 4. The van der Waals surface area contributed by atoms with Crippen LogP contribution < -0.4 is 5.32 Å². The molecule has 2 unspecified atom stereocenters. The van der Waals surface area contributed by atoms with Gasteiger partial charge in [-0.1, -0.05) is 0 Å². The van der Waals surface area contributed by atoms with E-state index in [0.717, 1.165) is 11.0 Å². The average Bonchev–Trinajstić information content (AvgIpc) is 2.94. The maximum atomic E-state index is 12.5. The molecule has 6 heteroatoms. The highest BCUT2D eigenvalue weighted by atomic mass is 79.9. The molecule has 0 saturated carbocycles. The van der Waals surface area contributed by atoms with E-state index in [-0.39, 0.29) is 24.0 Å². The predicted octanol–water partition coefficient (Wildman–Crippen LogP) is 1.79. The van der Waals surface area contributed by atoms with Crippen LogP contribution in [0.2, 0.25) is 0 Å². The van der Waals surface area contributed by atoms with Crippen LogP contribution in [0.25, 0.3) is 0 Å². The van der Waals surface area contributed by atoms with Gasteiger partial charge >= 0.3 is 0 Å². The van der Waals surface area contributed by atoms with E-state index in [4.69, 9.17) is 4.74 Å².